The van der Waals surface area contributed by atoms with Crippen molar-refractivity contribution in [3.8, 4) is 0 Å². The van der Waals surface area contributed by atoms with Gasteiger partial charge >= 0.3 is 102 Å². The van der Waals surface area contributed by atoms with Gasteiger partial charge in [-0.25, -0.2) is 38.4 Å². The molecular formula is C65H85N7O42. The minimum absolute atomic E-state index is 0.0263. The third kappa shape index (κ3) is 20.9. The Bertz CT molecular complexity index is 3750. The normalized spacial score (nSPS) is 30.9. The van der Waals surface area contributed by atoms with Gasteiger partial charge in [-0.1, -0.05) is 5.11 Å². The van der Waals surface area contributed by atoms with Crippen molar-refractivity contribution in [2.75, 3.05) is 68.0 Å². The molecule has 49 heteroatoms. The molecule has 8 fully saturated rings. The quantitative estimate of drug-likeness (QED) is 0.0124. The van der Waals surface area contributed by atoms with E-state index in [9.17, 15) is 81.5 Å². The number of fused-ring (bicyclic) bond motifs is 4. The molecular weight excluding hydrogens is 1550 g/mol. The van der Waals surface area contributed by atoms with Gasteiger partial charge in [-0.15, -0.1) is 0 Å². The van der Waals surface area contributed by atoms with Gasteiger partial charge in [-0.05, 0) is 12.0 Å². The molecule has 8 heterocycles. The van der Waals surface area contributed by atoms with Crippen molar-refractivity contribution in [3.05, 3.63) is 10.4 Å². The Morgan fingerprint density at radius 1 is 0.377 bits per heavy atom. The number of carbonyl (C=O) groups is 17. The van der Waals surface area contributed by atoms with E-state index in [0.717, 1.165) is 90.8 Å². The van der Waals surface area contributed by atoms with Gasteiger partial charge in [-0.3, -0.25) is 43.2 Å². The van der Waals surface area contributed by atoms with Crippen LogP contribution >= 0.6 is 0 Å². The number of alkyl carbamates (subject to hydrolysis) is 4. The van der Waals surface area contributed by atoms with Gasteiger partial charge in [0.1, 0.15) is 55.4 Å². The van der Waals surface area contributed by atoms with Crippen LogP contribution in [0.25, 0.3) is 10.4 Å². The Hall–Kier alpha value is -10.8. The second-order valence-corrected chi connectivity index (χ2v) is 26.4. The Balaban J connectivity index is 1.17. The van der Waals surface area contributed by atoms with Crippen molar-refractivity contribution in [2.45, 2.75) is 239 Å². The molecule has 8 aliphatic rings. The highest BCUT2D eigenvalue weighted by atomic mass is 16.8. The molecule has 0 aromatic rings. The van der Waals surface area contributed by atoms with Gasteiger partial charge in [0.2, 0.25) is 0 Å². The van der Waals surface area contributed by atoms with Crippen LogP contribution in [0.3, 0.4) is 0 Å². The van der Waals surface area contributed by atoms with E-state index in [1.807, 2.05) is 0 Å². The minimum Gasteiger partial charge on any atom is -0.465 e. The monoisotopic (exact) mass is 1640 g/mol. The number of nitrogens with zero attached hydrogens (tertiary/aromatic N) is 3. The lowest BCUT2D eigenvalue weighted by Gasteiger charge is -2.48. The van der Waals surface area contributed by atoms with Crippen molar-refractivity contribution in [2.24, 2.45) is 5.11 Å². The molecule has 8 saturated heterocycles. The first kappa shape index (κ1) is 88.7. The van der Waals surface area contributed by atoms with Crippen LogP contribution in [0.4, 0.5) is 19.2 Å². The minimum atomic E-state index is -3.10. The zero-order valence-electron chi connectivity index (χ0n) is 63.3. The average Bonchev–Trinajstić information content (AvgIpc) is 1.31. The number of esters is 13. The first-order valence-electron chi connectivity index (χ1n) is 34.8. The SMILES string of the molecule is COC(=O)[C@@]1(OC[C@@H](OC(C)=O)[C@@H](OC(C)=O)[C@@H]2O[C@@](OC[C@@H](OC(C)=O)[C@@H](OC(C)=O)[C@@H]3O[C@@](OC[C@@H](OC(C)=O)[C@@H](OC(C)=O)[C@@H]4O[C@@](OCCCN=[N+]=[N-])(C(=O)OC)C[C@@H]5OC(=O)N[C@@H]45)(C(=O)OC)C[C@@H]4OC(=O)N[C@@H]34)(C(=O)OC)C[C@@H]3OC(=O)N[C@@H]23)C[C@@H]2OC(=O)N[C@H]2[C@H]([C@H](OC(C)=O)[C@@H](COC(C)=O)OC(C)=O)O1. The van der Waals surface area contributed by atoms with Gasteiger partial charge in [-0.2, -0.15) is 0 Å². The molecule has 0 unspecified atom stereocenters. The third-order valence-corrected chi connectivity index (χ3v) is 18.3. The van der Waals surface area contributed by atoms with E-state index in [2.05, 4.69) is 31.3 Å². The summed E-state index contributed by atoms with van der Waals surface area (Å²) >= 11 is 0. The van der Waals surface area contributed by atoms with Crippen LogP contribution in [0.1, 0.15) is 94.4 Å². The molecule has 0 aliphatic carbocycles. The fourth-order valence-electron chi connectivity index (χ4n) is 14.1. The maximum absolute atomic E-state index is 14.8. The van der Waals surface area contributed by atoms with Crippen LogP contribution < -0.4 is 21.3 Å². The van der Waals surface area contributed by atoms with E-state index < -0.39 is 299 Å². The summed E-state index contributed by atoms with van der Waals surface area (Å²) in [7, 11) is 3.42. The lowest BCUT2D eigenvalue weighted by molar-refractivity contribution is -0.330. The van der Waals surface area contributed by atoms with E-state index >= 15 is 0 Å². The zero-order chi connectivity index (χ0) is 84.1. The molecule has 0 aromatic heterocycles. The predicted octanol–water partition coefficient (Wildman–Crippen LogP) is -2.69. The fraction of sp³-hybridized carbons (Fsp3) is 0.738. The molecule has 114 heavy (non-hydrogen) atoms. The highest BCUT2D eigenvalue weighted by molar-refractivity contribution is 5.82. The van der Waals surface area contributed by atoms with Gasteiger partial charge in [0.25, 0.3) is 23.1 Å². The molecule has 4 N–H and O–H groups in total. The molecule has 8 rings (SSSR count). The van der Waals surface area contributed by atoms with Crippen LogP contribution in [0.15, 0.2) is 5.11 Å². The van der Waals surface area contributed by atoms with Crippen molar-refractivity contribution in [1.82, 2.24) is 21.3 Å². The van der Waals surface area contributed by atoms with Crippen molar-refractivity contribution < 1.29 is 200 Å². The molecule has 0 spiro atoms. The Kier molecular flexibility index (Phi) is 29.5. The second-order valence-electron chi connectivity index (χ2n) is 26.4. The number of ether oxygens (including phenoxy) is 25. The molecule has 4 amide bonds. The van der Waals surface area contributed by atoms with Crippen LogP contribution in [-0.2, 0) is 181 Å². The second kappa shape index (κ2) is 37.9. The summed E-state index contributed by atoms with van der Waals surface area (Å²) < 4.78 is 144. The van der Waals surface area contributed by atoms with E-state index in [4.69, 9.17) is 124 Å². The smallest absolute Gasteiger partial charge is 0.407 e. The first-order valence-corrected chi connectivity index (χ1v) is 34.8. The van der Waals surface area contributed by atoms with Gasteiger partial charge in [0, 0.05) is 73.8 Å². The van der Waals surface area contributed by atoms with Crippen molar-refractivity contribution in [3.63, 3.8) is 0 Å². The van der Waals surface area contributed by atoms with Crippen molar-refractivity contribution >= 4 is 102 Å². The Labute approximate surface area is 644 Å². The Morgan fingerprint density at radius 2 is 0.614 bits per heavy atom. The van der Waals surface area contributed by atoms with Crippen LogP contribution in [0.2, 0.25) is 0 Å². The zero-order valence-corrected chi connectivity index (χ0v) is 63.3. The predicted molar refractivity (Wildman–Crippen MR) is 349 cm³/mol. The molecule has 24 atom stereocenters. The third-order valence-electron chi connectivity index (χ3n) is 18.3. The summed E-state index contributed by atoms with van der Waals surface area (Å²) in [5.74, 6) is -27.6. The van der Waals surface area contributed by atoms with Crippen LogP contribution in [-0.4, -0.2) is 315 Å². The van der Waals surface area contributed by atoms with Gasteiger partial charge in [0.05, 0.1) is 105 Å². The van der Waals surface area contributed by atoms with E-state index in [-0.39, 0.29) is 19.6 Å². The summed E-state index contributed by atoms with van der Waals surface area (Å²) in [6, 6.07) is -6.11. The van der Waals surface area contributed by atoms with E-state index in [1.54, 1.807) is 0 Å². The molecule has 0 aromatic carbocycles. The number of hydrogen-bond donors (Lipinski definition) is 4. The molecule has 0 bridgehead atoms. The highest BCUT2D eigenvalue weighted by Crippen LogP contribution is 2.45. The Morgan fingerprint density at radius 3 is 0.833 bits per heavy atom. The number of rotatable bonds is 36. The average molecular weight is 1640 g/mol. The lowest BCUT2D eigenvalue weighted by Crippen LogP contribution is -2.68. The number of hydrogen-bond acceptors (Lipinski definition) is 43. The van der Waals surface area contributed by atoms with Gasteiger partial charge < -0.3 is 140 Å². The summed E-state index contributed by atoms with van der Waals surface area (Å²) in [5, 5.41) is 13.2. The first-order chi connectivity index (χ1) is 53.8. The summed E-state index contributed by atoms with van der Waals surface area (Å²) in [5.41, 5.74) is 8.86. The fourth-order valence-corrected chi connectivity index (χ4v) is 14.1. The number of carbonyl (C=O) groups excluding carboxylic acids is 17. The molecule has 0 radical (unpaired) electrons. The number of amides is 4. The van der Waals surface area contributed by atoms with Crippen LogP contribution in [0.5, 0.6) is 0 Å². The number of nitrogens with one attached hydrogen (secondary N) is 4. The number of azide groups is 1. The molecule has 632 valence electrons. The summed E-state index contributed by atoms with van der Waals surface area (Å²) in [4.78, 5) is 232. The molecule has 49 nitrogen and oxygen atoms in total. The molecule has 0 saturated carbocycles. The largest absolute Gasteiger partial charge is 0.465 e. The number of methoxy groups -OCH3 is 4. The molecule has 8 aliphatic heterocycles. The van der Waals surface area contributed by atoms with Gasteiger partial charge in [0.15, 0.2) is 48.8 Å². The maximum atomic E-state index is 14.8. The van der Waals surface area contributed by atoms with Crippen LogP contribution in [0, 0.1) is 0 Å². The topological polar surface area (TPSA) is 618 Å². The maximum Gasteiger partial charge on any atom is 0.407 e. The highest BCUT2D eigenvalue weighted by Gasteiger charge is 2.68. The standard InChI is InChI=1S/C65H85N7O42/c1-25(73)94-21-38(99-26(2)74)46(103-30(6)78)50-43-35(108-59(87)69-43)18-63(112-50,55(83)91-11)96-23-40(101-28(4)76)48(105-32(8)80)52-45-37(110-61(89)71-45)20-65(114-52,57(85)93-13)98-24-41(102-29(5)77)49(106-33(9)81)53-44-36(109-60(88)70-44)19-64(113-53,56(84)92-12)97-22-39(100-27(3)75)47(104-31(7)79)51-42-34(107-58(86)68-42)17-62(111-51,54(82)90-10)95-16-14-15-67-72-66/h34-53H,14-24H2,1-13H3,(H,68,86)(H,69,87)(H,70,88)(H,71,89)/t34-,35-,36-,37-,38+,39+,40+,41+,42+,43+,44+,45+,46+,47+,48+,49+,50+,51+,52+,53+,62+,63+,64+,65+/m0/s1. The summed E-state index contributed by atoms with van der Waals surface area (Å²) in [6.45, 7) is 2.81. The van der Waals surface area contributed by atoms with E-state index in [1.165, 1.54) is 0 Å². The lowest BCUT2D eigenvalue weighted by atomic mass is 9.88. The van der Waals surface area contributed by atoms with E-state index in [0.29, 0.717) is 0 Å². The van der Waals surface area contributed by atoms with Crippen molar-refractivity contribution in [1.29, 1.82) is 0 Å². The summed E-state index contributed by atoms with van der Waals surface area (Å²) in [6.07, 6.45) is -39.2.